The highest BCUT2D eigenvalue weighted by Crippen LogP contribution is 2.39. The molecule has 2 rings (SSSR count). The van der Waals surface area contributed by atoms with Crippen molar-refractivity contribution in [2.24, 2.45) is 0 Å². The monoisotopic (exact) mass is 269 g/mol. The third-order valence-corrected chi connectivity index (χ3v) is 2.99. The predicted octanol–water partition coefficient (Wildman–Crippen LogP) is 4.34. The Kier molecular flexibility index (Phi) is 2.97. The molecular weight excluding hydrogens is 262 g/mol. The molecule has 6 heteroatoms. The molecule has 0 aliphatic heterocycles. The van der Waals surface area contributed by atoms with Gasteiger partial charge in [0.15, 0.2) is 5.82 Å². The lowest BCUT2D eigenvalue weighted by Crippen LogP contribution is -2.44. The second kappa shape index (κ2) is 4.00. The van der Waals surface area contributed by atoms with Crippen molar-refractivity contribution in [3.63, 3.8) is 0 Å². The van der Waals surface area contributed by atoms with E-state index in [9.17, 15) is 13.2 Å². The Hall–Kier alpha value is -0.610. The zero-order valence-electron chi connectivity index (χ0n) is 8.04. The molecule has 16 heavy (non-hydrogen) atoms. The molecule has 1 N–H and O–H groups in total. The number of anilines is 1. The average Bonchev–Trinajstić information content (AvgIpc) is 2.11. The van der Waals surface area contributed by atoms with E-state index >= 15 is 0 Å². The number of hydrogen-bond donors (Lipinski definition) is 1. The second-order valence-corrected chi connectivity index (χ2v) is 4.67. The molecular formula is C10H8Cl2F3N. The lowest BCUT2D eigenvalue weighted by atomic mass is 9.88. The van der Waals surface area contributed by atoms with E-state index in [0.29, 0.717) is 5.69 Å². The fourth-order valence-corrected chi connectivity index (χ4v) is 2.12. The van der Waals surface area contributed by atoms with Gasteiger partial charge in [0.1, 0.15) is 0 Å². The second-order valence-electron chi connectivity index (χ2n) is 3.86. The van der Waals surface area contributed by atoms with Crippen LogP contribution in [0.25, 0.3) is 0 Å². The van der Waals surface area contributed by atoms with Crippen LogP contribution in [0, 0.1) is 5.82 Å². The Bertz CT molecular complexity index is 392. The topological polar surface area (TPSA) is 12.0 Å². The smallest absolute Gasteiger partial charge is 0.252 e. The maximum Gasteiger partial charge on any atom is 0.252 e. The minimum Gasteiger partial charge on any atom is -0.382 e. The summed E-state index contributed by atoms with van der Waals surface area (Å²) in [6, 6.07) is 2.35. The molecule has 0 spiro atoms. The molecule has 1 aromatic rings. The molecule has 0 amide bonds. The first-order valence-electron chi connectivity index (χ1n) is 4.66. The van der Waals surface area contributed by atoms with E-state index in [1.807, 2.05) is 0 Å². The van der Waals surface area contributed by atoms with Crippen LogP contribution in [0.2, 0.25) is 10.0 Å². The first-order valence-corrected chi connectivity index (χ1v) is 5.42. The normalized spacial score (nSPS) is 19.3. The van der Waals surface area contributed by atoms with Crippen molar-refractivity contribution in [1.29, 1.82) is 0 Å². The lowest BCUT2D eigenvalue weighted by molar-refractivity contribution is -0.0793. The summed E-state index contributed by atoms with van der Waals surface area (Å²) in [5.41, 5.74) is 0.455. The largest absolute Gasteiger partial charge is 0.382 e. The third kappa shape index (κ3) is 2.38. The molecule has 0 bridgehead atoms. The summed E-state index contributed by atoms with van der Waals surface area (Å²) >= 11 is 11.1. The van der Waals surface area contributed by atoms with Gasteiger partial charge in [-0.15, -0.1) is 0 Å². The Morgan fingerprint density at radius 3 is 2.12 bits per heavy atom. The van der Waals surface area contributed by atoms with Gasteiger partial charge in [0.25, 0.3) is 5.92 Å². The van der Waals surface area contributed by atoms with Gasteiger partial charge in [-0.1, -0.05) is 23.2 Å². The van der Waals surface area contributed by atoms with Crippen LogP contribution in [-0.4, -0.2) is 12.0 Å². The van der Waals surface area contributed by atoms with E-state index in [1.54, 1.807) is 0 Å². The van der Waals surface area contributed by atoms with Gasteiger partial charge in [0, 0.05) is 24.6 Å². The highest BCUT2D eigenvalue weighted by Gasteiger charge is 2.45. The van der Waals surface area contributed by atoms with Crippen LogP contribution in [0.1, 0.15) is 12.8 Å². The molecule has 1 aliphatic carbocycles. The molecule has 0 aromatic heterocycles. The minimum absolute atomic E-state index is 0.124. The van der Waals surface area contributed by atoms with Gasteiger partial charge in [-0.05, 0) is 12.1 Å². The number of nitrogens with one attached hydrogen (secondary N) is 1. The average molecular weight is 270 g/mol. The molecule has 88 valence electrons. The first kappa shape index (κ1) is 11.9. The maximum atomic E-state index is 13.1. The van der Waals surface area contributed by atoms with Crippen LogP contribution < -0.4 is 5.32 Å². The Morgan fingerprint density at radius 1 is 1.19 bits per heavy atom. The molecule has 0 atom stereocenters. The standard InChI is InChI=1S/C10H8Cl2F3N/c11-7-1-5(2-8(12)9(7)13)16-6-3-10(14,15)4-6/h1-2,6,16H,3-4H2. The summed E-state index contributed by atoms with van der Waals surface area (Å²) in [5.74, 6) is -3.29. The number of halogens is 5. The van der Waals surface area contributed by atoms with Gasteiger partial charge in [-0.25, -0.2) is 13.2 Å². The maximum absolute atomic E-state index is 13.1. The van der Waals surface area contributed by atoms with Crippen molar-refractivity contribution in [2.45, 2.75) is 24.8 Å². The molecule has 0 unspecified atom stereocenters. The first-order chi connectivity index (χ1) is 7.37. The summed E-state index contributed by atoms with van der Waals surface area (Å²) in [6.07, 6.45) is -0.445. The summed E-state index contributed by atoms with van der Waals surface area (Å²) in [6.45, 7) is 0. The predicted molar refractivity (Wildman–Crippen MR) is 58.0 cm³/mol. The Morgan fingerprint density at radius 2 is 1.69 bits per heavy atom. The SMILES string of the molecule is Fc1c(Cl)cc(NC2CC(F)(F)C2)cc1Cl. The molecule has 0 saturated heterocycles. The summed E-state index contributed by atoms with van der Waals surface area (Å²) < 4.78 is 38.2. The molecule has 1 aliphatic rings. The van der Waals surface area contributed by atoms with E-state index in [1.165, 1.54) is 12.1 Å². The third-order valence-electron chi connectivity index (χ3n) is 2.44. The fourth-order valence-electron chi connectivity index (χ4n) is 1.64. The molecule has 1 nitrogen and oxygen atoms in total. The van der Waals surface area contributed by atoms with Crippen molar-refractivity contribution in [3.05, 3.63) is 28.0 Å². The molecule has 1 saturated carbocycles. The van der Waals surface area contributed by atoms with Crippen molar-refractivity contribution >= 4 is 28.9 Å². The zero-order valence-corrected chi connectivity index (χ0v) is 9.55. The van der Waals surface area contributed by atoms with Gasteiger partial charge in [-0.3, -0.25) is 0 Å². The highest BCUT2D eigenvalue weighted by molar-refractivity contribution is 6.35. The number of hydrogen-bond acceptors (Lipinski definition) is 1. The summed E-state index contributed by atoms with van der Waals surface area (Å²) in [4.78, 5) is 0. The van der Waals surface area contributed by atoms with Crippen LogP contribution >= 0.6 is 23.2 Å². The van der Waals surface area contributed by atoms with Crippen molar-refractivity contribution < 1.29 is 13.2 Å². The van der Waals surface area contributed by atoms with Crippen LogP contribution in [-0.2, 0) is 0 Å². The minimum atomic E-state index is -2.59. The molecule has 1 fully saturated rings. The van der Waals surface area contributed by atoms with Gasteiger partial charge in [0.2, 0.25) is 0 Å². The van der Waals surface area contributed by atoms with Crippen LogP contribution in [0.15, 0.2) is 12.1 Å². The van der Waals surface area contributed by atoms with Crippen LogP contribution in [0.4, 0.5) is 18.9 Å². The van der Waals surface area contributed by atoms with Crippen LogP contribution in [0.3, 0.4) is 0 Å². The number of alkyl halides is 2. The zero-order chi connectivity index (χ0) is 11.9. The van der Waals surface area contributed by atoms with E-state index in [2.05, 4.69) is 5.32 Å². The quantitative estimate of drug-likeness (QED) is 0.788. The van der Waals surface area contributed by atoms with E-state index in [-0.39, 0.29) is 28.9 Å². The van der Waals surface area contributed by atoms with E-state index in [0.717, 1.165) is 0 Å². The van der Waals surface area contributed by atoms with Gasteiger partial charge in [0.05, 0.1) is 10.0 Å². The van der Waals surface area contributed by atoms with E-state index < -0.39 is 11.7 Å². The number of benzene rings is 1. The summed E-state index contributed by atoms with van der Waals surface area (Å²) in [5, 5.41) is 2.58. The van der Waals surface area contributed by atoms with Crippen molar-refractivity contribution in [3.8, 4) is 0 Å². The fraction of sp³-hybridized carbons (Fsp3) is 0.400. The van der Waals surface area contributed by atoms with Gasteiger partial charge >= 0.3 is 0 Å². The Labute approximate surface area is 101 Å². The number of rotatable bonds is 2. The van der Waals surface area contributed by atoms with Gasteiger partial charge in [-0.2, -0.15) is 0 Å². The molecule has 1 aromatic carbocycles. The molecule has 0 radical (unpaired) electrons. The highest BCUT2D eigenvalue weighted by atomic mass is 35.5. The van der Waals surface area contributed by atoms with Crippen molar-refractivity contribution in [2.75, 3.05) is 5.32 Å². The van der Waals surface area contributed by atoms with Crippen LogP contribution in [0.5, 0.6) is 0 Å². The lowest BCUT2D eigenvalue weighted by Gasteiger charge is -2.36. The van der Waals surface area contributed by atoms with E-state index in [4.69, 9.17) is 23.2 Å². The Balaban J connectivity index is 2.06. The van der Waals surface area contributed by atoms with Gasteiger partial charge < -0.3 is 5.32 Å². The van der Waals surface area contributed by atoms with Crippen molar-refractivity contribution in [1.82, 2.24) is 0 Å². The summed E-state index contributed by atoms with van der Waals surface area (Å²) in [7, 11) is 0. The molecule has 0 heterocycles.